The van der Waals surface area contributed by atoms with Crippen LogP contribution in [0.5, 0.6) is 0 Å². The van der Waals surface area contributed by atoms with Gasteiger partial charge in [0.2, 0.25) is 0 Å². The number of hydrogen-bond donors (Lipinski definition) is 0. The molecule has 7 heteroatoms. The van der Waals surface area contributed by atoms with Gasteiger partial charge in [0.1, 0.15) is 6.61 Å². The van der Waals surface area contributed by atoms with E-state index in [0.717, 1.165) is 34.6 Å². The number of carbonyl (C=O) groups is 1. The van der Waals surface area contributed by atoms with Crippen molar-refractivity contribution >= 4 is 38.9 Å². The van der Waals surface area contributed by atoms with Crippen LogP contribution >= 0.6 is 11.3 Å². The van der Waals surface area contributed by atoms with Gasteiger partial charge < -0.3 is 9.47 Å². The summed E-state index contributed by atoms with van der Waals surface area (Å²) in [7, 11) is 0. The lowest BCUT2D eigenvalue weighted by Crippen LogP contribution is -2.11. The maximum Gasteiger partial charge on any atom is 0.338 e. The molecule has 1 heterocycles. The molecule has 0 aliphatic carbocycles. The Hall–Kier alpha value is -3.42. The van der Waals surface area contributed by atoms with E-state index in [1.54, 1.807) is 11.6 Å². The standard InChI is InChI=1S/C15H19NO3S.C12H10N2/c1-2-3-4-7-18-8-9-19-15(17)12-5-6-13-14(10-12)20-11-16-13;1-3-7-11(8-4-1)13-14-12-9-5-2-6-10-12/h5-6,10-11H,2-4,7-9H2,1H3;1-10H. The van der Waals surface area contributed by atoms with Crippen molar-refractivity contribution in [3.8, 4) is 0 Å². The number of fused-ring (bicyclic) bond motifs is 1. The lowest BCUT2D eigenvalue weighted by molar-refractivity contribution is 0.0313. The fraction of sp³-hybridized carbons (Fsp3) is 0.259. The Morgan fingerprint density at radius 1 is 0.853 bits per heavy atom. The Kier molecular flexibility index (Phi) is 10.9. The van der Waals surface area contributed by atoms with Gasteiger partial charge in [-0.05, 0) is 48.9 Å². The molecule has 0 bridgehead atoms. The van der Waals surface area contributed by atoms with Gasteiger partial charge in [0.25, 0.3) is 0 Å². The maximum absolute atomic E-state index is 11.9. The van der Waals surface area contributed by atoms with Crippen LogP contribution in [0, 0.1) is 0 Å². The van der Waals surface area contributed by atoms with Gasteiger partial charge in [0.05, 0.1) is 39.3 Å². The summed E-state index contributed by atoms with van der Waals surface area (Å²) in [6, 6.07) is 24.8. The molecule has 0 spiro atoms. The fourth-order valence-electron chi connectivity index (χ4n) is 2.92. The van der Waals surface area contributed by atoms with Crippen molar-refractivity contribution in [2.24, 2.45) is 10.2 Å². The van der Waals surface area contributed by atoms with Crippen molar-refractivity contribution in [3.63, 3.8) is 0 Å². The SMILES string of the molecule is CCCCCOCCOC(=O)c1ccc2ncsc2c1.c1ccc(N=Nc2ccccc2)cc1. The third-order valence-corrected chi connectivity index (χ3v) is 5.51. The molecule has 6 nitrogen and oxygen atoms in total. The second kappa shape index (κ2) is 14.7. The number of esters is 1. The number of carbonyl (C=O) groups excluding carboxylic acids is 1. The maximum atomic E-state index is 11.9. The molecule has 4 aromatic rings. The zero-order chi connectivity index (χ0) is 23.8. The highest BCUT2D eigenvalue weighted by atomic mass is 32.1. The van der Waals surface area contributed by atoms with Gasteiger partial charge in [-0.15, -0.1) is 11.3 Å². The van der Waals surface area contributed by atoms with E-state index < -0.39 is 0 Å². The highest BCUT2D eigenvalue weighted by Gasteiger charge is 2.08. The van der Waals surface area contributed by atoms with Gasteiger partial charge in [-0.1, -0.05) is 56.2 Å². The van der Waals surface area contributed by atoms with Crippen LogP contribution in [0.2, 0.25) is 0 Å². The summed E-state index contributed by atoms with van der Waals surface area (Å²) in [4.78, 5) is 16.0. The molecule has 176 valence electrons. The molecule has 0 unspecified atom stereocenters. The van der Waals surface area contributed by atoms with Crippen LogP contribution in [0.1, 0.15) is 36.5 Å². The molecule has 34 heavy (non-hydrogen) atoms. The summed E-state index contributed by atoms with van der Waals surface area (Å²) in [5, 5.41) is 8.20. The van der Waals surface area contributed by atoms with Crippen LogP contribution in [0.4, 0.5) is 11.4 Å². The molecule has 0 saturated carbocycles. The van der Waals surface area contributed by atoms with Crippen LogP contribution in [0.25, 0.3) is 10.2 Å². The quantitative estimate of drug-likeness (QED) is 0.133. The number of azo groups is 1. The predicted molar refractivity (Wildman–Crippen MR) is 137 cm³/mol. The van der Waals surface area contributed by atoms with Crippen molar-refractivity contribution in [1.82, 2.24) is 4.98 Å². The van der Waals surface area contributed by atoms with Gasteiger partial charge in [0, 0.05) is 6.61 Å². The minimum Gasteiger partial charge on any atom is -0.460 e. The first kappa shape index (κ1) is 25.2. The van der Waals surface area contributed by atoms with Crippen molar-refractivity contribution in [2.75, 3.05) is 19.8 Å². The van der Waals surface area contributed by atoms with Gasteiger partial charge in [-0.3, -0.25) is 0 Å². The molecule has 0 aliphatic rings. The molecule has 3 aromatic carbocycles. The normalized spacial score (nSPS) is 10.7. The minimum atomic E-state index is -0.308. The van der Waals surface area contributed by atoms with Crippen LogP contribution < -0.4 is 0 Å². The first-order chi connectivity index (χ1) is 16.8. The summed E-state index contributed by atoms with van der Waals surface area (Å²) < 4.78 is 11.6. The first-order valence-corrected chi connectivity index (χ1v) is 12.2. The number of benzene rings is 3. The molecular formula is C27H29N3O3S. The zero-order valence-corrected chi connectivity index (χ0v) is 20.1. The Morgan fingerprint density at radius 3 is 2.18 bits per heavy atom. The molecular weight excluding hydrogens is 446 g/mol. The van der Waals surface area contributed by atoms with Crippen LogP contribution in [0.15, 0.2) is 94.6 Å². The molecule has 0 fully saturated rings. The lowest BCUT2D eigenvalue weighted by Gasteiger charge is -2.06. The molecule has 0 atom stereocenters. The van der Waals surface area contributed by atoms with Gasteiger partial charge in [0.15, 0.2) is 0 Å². The summed E-state index contributed by atoms with van der Waals surface area (Å²) in [5.74, 6) is -0.308. The Balaban J connectivity index is 0.000000202. The number of nitrogens with zero attached hydrogens (tertiary/aromatic N) is 3. The number of rotatable bonds is 10. The van der Waals surface area contributed by atoms with Gasteiger partial charge in [-0.25, -0.2) is 9.78 Å². The van der Waals surface area contributed by atoms with E-state index in [4.69, 9.17) is 9.47 Å². The summed E-state index contributed by atoms with van der Waals surface area (Å²) in [6.07, 6.45) is 3.42. The molecule has 4 rings (SSSR count). The number of aromatic nitrogens is 1. The summed E-state index contributed by atoms with van der Waals surface area (Å²) in [6.45, 7) is 3.64. The molecule has 0 aliphatic heterocycles. The second-order valence-corrected chi connectivity index (χ2v) is 8.25. The van der Waals surface area contributed by atoms with Gasteiger partial charge in [-0.2, -0.15) is 10.2 Å². The Morgan fingerprint density at radius 2 is 1.53 bits per heavy atom. The molecule has 1 aromatic heterocycles. The first-order valence-electron chi connectivity index (χ1n) is 11.4. The van der Waals surface area contributed by atoms with E-state index in [1.807, 2.05) is 72.8 Å². The monoisotopic (exact) mass is 475 g/mol. The third kappa shape index (κ3) is 8.84. The van der Waals surface area contributed by atoms with E-state index in [-0.39, 0.29) is 5.97 Å². The molecule has 0 amide bonds. The van der Waals surface area contributed by atoms with Crippen LogP contribution in [0.3, 0.4) is 0 Å². The second-order valence-electron chi connectivity index (χ2n) is 7.36. The summed E-state index contributed by atoms with van der Waals surface area (Å²) >= 11 is 1.51. The molecule has 0 N–H and O–H groups in total. The highest BCUT2D eigenvalue weighted by molar-refractivity contribution is 7.16. The molecule has 0 saturated heterocycles. The van der Waals surface area contributed by atoms with E-state index in [2.05, 4.69) is 22.1 Å². The smallest absolute Gasteiger partial charge is 0.338 e. The lowest BCUT2D eigenvalue weighted by atomic mass is 10.2. The van der Waals surface area contributed by atoms with Crippen molar-refractivity contribution in [1.29, 1.82) is 0 Å². The van der Waals surface area contributed by atoms with Crippen molar-refractivity contribution < 1.29 is 14.3 Å². The highest BCUT2D eigenvalue weighted by Crippen LogP contribution is 2.19. The fourth-order valence-corrected chi connectivity index (χ4v) is 3.64. The average molecular weight is 476 g/mol. The van der Waals surface area contributed by atoms with E-state index in [0.29, 0.717) is 18.8 Å². The molecule has 0 radical (unpaired) electrons. The Labute approximate surface area is 204 Å². The number of thiazole rings is 1. The topological polar surface area (TPSA) is 73.1 Å². The van der Waals surface area contributed by atoms with Crippen LogP contribution in [-0.2, 0) is 9.47 Å². The van der Waals surface area contributed by atoms with Crippen molar-refractivity contribution in [3.05, 3.63) is 89.9 Å². The third-order valence-electron chi connectivity index (χ3n) is 4.71. The number of hydrogen-bond acceptors (Lipinski definition) is 7. The largest absolute Gasteiger partial charge is 0.460 e. The van der Waals surface area contributed by atoms with E-state index in [9.17, 15) is 4.79 Å². The summed E-state index contributed by atoms with van der Waals surface area (Å²) in [5.41, 5.74) is 4.98. The van der Waals surface area contributed by atoms with E-state index in [1.165, 1.54) is 24.2 Å². The van der Waals surface area contributed by atoms with E-state index >= 15 is 0 Å². The number of ether oxygens (including phenoxy) is 2. The predicted octanol–water partition coefficient (Wildman–Crippen LogP) is 7.76. The number of unbranched alkanes of at least 4 members (excludes halogenated alkanes) is 2. The Bertz CT molecular complexity index is 1110. The minimum absolute atomic E-state index is 0.297. The van der Waals surface area contributed by atoms with Gasteiger partial charge >= 0.3 is 5.97 Å². The zero-order valence-electron chi connectivity index (χ0n) is 19.3. The van der Waals surface area contributed by atoms with Crippen LogP contribution in [-0.4, -0.2) is 30.8 Å². The average Bonchev–Trinajstić information content (AvgIpc) is 3.36. The van der Waals surface area contributed by atoms with Crippen molar-refractivity contribution in [2.45, 2.75) is 26.2 Å².